The summed E-state index contributed by atoms with van der Waals surface area (Å²) in [6, 6.07) is 13.6. The molecule has 0 saturated carbocycles. The van der Waals surface area contributed by atoms with Crippen molar-refractivity contribution in [1.29, 1.82) is 0 Å². The zero-order chi connectivity index (χ0) is 22.6. The first-order chi connectivity index (χ1) is 15.3. The molecule has 1 atom stereocenters. The SMILES string of the molecule is Cc1cc(C)c2nc(N3C(=O)C(O)=C(C(=O)c4ccco4)[C@H]3c3ccc(Br)cc3)sc2c1. The van der Waals surface area contributed by atoms with Crippen LogP contribution in [0.2, 0.25) is 0 Å². The number of aliphatic hydroxyl groups is 1. The van der Waals surface area contributed by atoms with Crippen LogP contribution in [0.5, 0.6) is 0 Å². The number of aryl methyl sites for hydroxylation is 2. The van der Waals surface area contributed by atoms with E-state index in [4.69, 9.17) is 9.40 Å². The zero-order valence-corrected chi connectivity index (χ0v) is 19.5. The van der Waals surface area contributed by atoms with Gasteiger partial charge in [-0.15, -0.1) is 0 Å². The fourth-order valence-corrected chi connectivity index (χ4v) is 5.43. The maximum absolute atomic E-state index is 13.3. The molecule has 2 aromatic carbocycles. The molecule has 0 unspecified atom stereocenters. The number of halogens is 1. The summed E-state index contributed by atoms with van der Waals surface area (Å²) in [5.41, 5.74) is 3.53. The second kappa shape index (κ2) is 7.72. The minimum absolute atomic E-state index is 0.0283. The first-order valence-corrected chi connectivity index (χ1v) is 11.4. The van der Waals surface area contributed by atoms with E-state index in [9.17, 15) is 14.7 Å². The van der Waals surface area contributed by atoms with E-state index in [0.717, 1.165) is 25.8 Å². The third-order valence-corrected chi connectivity index (χ3v) is 6.94. The molecule has 0 bridgehead atoms. The number of ketones is 1. The summed E-state index contributed by atoms with van der Waals surface area (Å²) in [5.74, 6) is -1.74. The lowest BCUT2D eigenvalue weighted by atomic mass is 9.95. The summed E-state index contributed by atoms with van der Waals surface area (Å²) in [6.07, 6.45) is 1.38. The van der Waals surface area contributed by atoms with Gasteiger partial charge in [0.1, 0.15) is 0 Å². The van der Waals surface area contributed by atoms with Gasteiger partial charge >= 0.3 is 0 Å². The number of rotatable bonds is 4. The van der Waals surface area contributed by atoms with Crippen molar-refractivity contribution in [2.24, 2.45) is 0 Å². The molecule has 160 valence electrons. The second-order valence-corrected chi connectivity index (χ2v) is 9.55. The summed E-state index contributed by atoms with van der Waals surface area (Å²) < 4.78 is 7.06. The first kappa shape index (κ1) is 20.7. The molecule has 32 heavy (non-hydrogen) atoms. The summed E-state index contributed by atoms with van der Waals surface area (Å²) in [6.45, 7) is 3.98. The number of thiazole rings is 1. The lowest BCUT2D eigenvalue weighted by molar-refractivity contribution is -0.117. The van der Waals surface area contributed by atoms with Crippen LogP contribution in [0.1, 0.15) is 33.3 Å². The van der Waals surface area contributed by atoms with Gasteiger partial charge in [0, 0.05) is 4.47 Å². The van der Waals surface area contributed by atoms with E-state index in [1.165, 1.54) is 28.6 Å². The summed E-state index contributed by atoms with van der Waals surface area (Å²) in [5, 5.41) is 11.2. The van der Waals surface area contributed by atoms with E-state index < -0.39 is 23.5 Å². The molecule has 2 aromatic heterocycles. The highest BCUT2D eigenvalue weighted by Crippen LogP contribution is 2.44. The Bertz CT molecular complexity index is 1400. The fraction of sp³-hybridized carbons (Fsp3) is 0.125. The van der Waals surface area contributed by atoms with Crippen LogP contribution in [0, 0.1) is 13.8 Å². The van der Waals surface area contributed by atoms with Crippen molar-refractivity contribution in [1.82, 2.24) is 4.98 Å². The van der Waals surface area contributed by atoms with Gasteiger partial charge in [-0.25, -0.2) is 4.98 Å². The molecule has 0 spiro atoms. The number of benzene rings is 2. The number of fused-ring (bicyclic) bond motifs is 1. The fourth-order valence-electron chi connectivity index (χ4n) is 4.00. The minimum atomic E-state index is -0.838. The molecule has 1 N–H and O–H groups in total. The highest BCUT2D eigenvalue weighted by atomic mass is 79.9. The normalized spacial score (nSPS) is 16.4. The molecule has 5 rings (SSSR count). The molecule has 8 heteroatoms. The van der Waals surface area contributed by atoms with Crippen molar-refractivity contribution in [3.63, 3.8) is 0 Å². The van der Waals surface area contributed by atoms with E-state index in [0.29, 0.717) is 10.7 Å². The average Bonchev–Trinajstić information content (AvgIpc) is 3.48. The summed E-state index contributed by atoms with van der Waals surface area (Å²) in [7, 11) is 0. The smallest absolute Gasteiger partial charge is 0.296 e. The zero-order valence-electron chi connectivity index (χ0n) is 17.1. The second-order valence-electron chi connectivity index (χ2n) is 7.62. The number of aromatic nitrogens is 1. The Labute approximate surface area is 195 Å². The van der Waals surface area contributed by atoms with Gasteiger partial charge in [-0.1, -0.05) is 45.5 Å². The van der Waals surface area contributed by atoms with Crippen molar-refractivity contribution < 1.29 is 19.1 Å². The minimum Gasteiger partial charge on any atom is -0.503 e. The van der Waals surface area contributed by atoms with Gasteiger partial charge in [0.25, 0.3) is 5.91 Å². The van der Waals surface area contributed by atoms with Gasteiger partial charge in [0.05, 0.1) is 28.1 Å². The average molecular weight is 509 g/mol. The highest BCUT2D eigenvalue weighted by molar-refractivity contribution is 9.10. The molecule has 6 nitrogen and oxygen atoms in total. The Morgan fingerprint density at radius 1 is 1.19 bits per heavy atom. The topological polar surface area (TPSA) is 83.6 Å². The lowest BCUT2D eigenvalue weighted by Crippen LogP contribution is -2.30. The van der Waals surface area contributed by atoms with E-state index in [1.807, 2.05) is 50.2 Å². The van der Waals surface area contributed by atoms with Gasteiger partial charge in [-0.05, 0) is 60.9 Å². The molecule has 4 aromatic rings. The van der Waals surface area contributed by atoms with Crippen molar-refractivity contribution in [2.45, 2.75) is 19.9 Å². The van der Waals surface area contributed by atoms with Crippen molar-refractivity contribution in [3.05, 3.63) is 93.0 Å². The Morgan fingerprint density at radius 3 is 2.62 bits per heavy atom. The highest BCUT2D eigenvalue weighted by Gasteiger charge is 2.46. The molecule has 0 fully saturated rings. The van der Waals surface area contributed by atoms with Crippen molar-refractivity contribution >= 4 is 54.3 Å². The molecular weight excluding hydrogens is 492 g/mol. The summed E-state index contributed by atoms with van der Waals surface area (Å²) >= 11 is 4.77. The number of hydrogen-bond donors (Lipinski definition) is 1. The monoisotopic (exact) mass is 508 g/mol. The number of anilines is 1. The molecule has 1 aliphatic heterocycles. The predicted octanol–water partition coefficient (Wildman–Crippen LogP) is 6.05. The number of furan rings is 1. The molecule has 0 saturated heterocycles. The molecular formula is C24H17BrN2O4S. The number of carbonyl (C=O) groups is 2. The van der Waals surface area contributed by atoms with E-state index in [2.05, 4.69) is 15.9 Å². The molecule has 0 radical (unpaired) electrons. The van der Waals surface area contributed by atoms with Gasteiger partial charge in [0.15, 0.2) is 16.7 Å². The van der Waals surface area contributed by atoms with Crippen LogP contribution in [0.15, 0.2) is 75.0 Å². The van der Waals surface area contributed by atoms with Crippen molar-refractivity contribution in [3.8, 4) is 0 Å². The van der Waals surface area contributed by atoms with Gasteiger partial charge in [0.2, 0.25) is 5.78 Å². The molecule has 0 aliphatic carbocycles. The van der Waals surface area contributed by atoms with Crippen LogP contribution < -0.4 is 4.90 Å². The Morgan fingerprint density at radius 2 is 1.94 bits per heavy atom. The maximum atomic E-state index is 13.3. The Kier molecular flexibility index (Phi) is 4.98. The molecule has 3 heterocycles. The number of nitrogens with zero attached hydrogens (tertiary/aromatic N) is 2. The quantitative estimate of drug-likeness (QED) is 0.339. The standard InChI is InChI=1S/C24H17BrN2O4S/c1-12-10-13(2)19-17(11-12)32-24(26-19)27-20(14-5-7-15(25)8-6-14)18(22(29)23(27)30)21(28)16-4-3-9-31-16/h3-11,20,29H,1-2H3/t20-/m1/s1. The van der Waals surface area contributed by atoms with Crippen LogP contribution in [0.25, 0.3) is 10.2 Å². The van der Waals surface area contributed by atoms with E-state index in [-0.39, 0.29) is 11.3 Å². The number of aliphatic hydroxyl groups excluding tert-OH is 1. The van der Waals surface area contributed by atoms with E-state index in [1.54, 1.807) is 6.07 Å². The van der Waals surface area contributed by atoms with Gasteiger partial charge in [-0.2, -0.15) is 0 Å². The van der Waals surface area contributed by atoms with Gasteiger partial charge in [-0.3, -0.25) is 14.5 Å². The van der Waals surface area contributed by atoms with Crippen LogP contribution in [-0.4, -0.2) is 21.8 Å². The van der Waals surface area contributed by atoms with Crippen LogP contribution in [0.4, 0.5) is 5.13 Å². The van der Waals surface area contributed by atoms with Crippen LogP contribution in [-0.2, 0) is 4.79 Å². The lowest BCUT2D eigenvalue weighted by Gasteiger charge is -2.24. The predicted molar refractivity (Wildman–Crippen MR) is 126 cm³/mol. The number of carbonyl (C=O) groups excluding carboxylic acids is 2. The maximum Gasteiger partial charge on any atom is 0.296 e. The first-order valence-electron chi connectivity index (χ1n) is 9.83. The van der Waals surface area contributed by atoms with Gasteiger partial charge < -0.3 is 9.52 Å². The molecule has 1 amide bonds. The number of Topliss-reactive ketones (excluding diaryl/α,β-unsaturated/α-hetero) is 1. The third kappa shape index (κ3) is 3.27. The third-order valence-electron chi connectivity index (χ3n) is 5.41. The largest absolute Gasteiger partial charge is 0.503 e. The Balaban J connectivity index is 1.70. The van der Waals surface area contributed by atoms with Crippen LogP contribution in [0.3, 0.4) is 0 Å². The Hall–Kier alpha value is -3.23. The van der Waals surface area contributed by atoms with Crippen LogP contribution >= 0.6 is 27.3 Å². The molecule has 1 aliphatic rings. The van der Waals surface area contributed by atoms with Crippen molar-refractivity contribution in [2.75, 3.05) is 4.90 Å². The summed E-state index contributed by atoms with van der Waals surface area (Å²) in [4.78, 5) is 32.6. The van der Waals surface area contributed by atoms with E-state index >= 15 is 0 Å². The number of amides is 1. The number of hydrogen-bond acceptors (Lipinski definition) is 6.